The van der Waals surface area contributed by atoms with E-state index in [9.17, 15) is 14.7 Å². The first-order valence-corrected chi connectivity index (χ1v) is 7.15. The minimum Gasteiger partial charge on any atom is -0.351 e. The summed E-state index contributed by atoms with van der Waals surface area (Å²) in [6, 6.07) is 17.0. The highest BCUT2D eigenvalue weighted by Crippen LogP contribution is 2.16. The van der Waals surface area contributed by atoms with Gasteiger partial charge in [-0.3, -0.25) is 9.59 Å². The summed E-state index contributed by atoms with van der Waals surface area (Å²) in [7, 11) is 0. The van der Waals surface area contributed by atoms with Gasteiger partial charge in [-0.2, -0.15) is 0 Å². The second-order valence-electron chi connectivity index (χ2n) is 4.72. The van der Waals surface area contributed by atoms with E-state index in [1.54, 1.807) is 67.6 Å². The first kappa shape index (κ1) is 16.7. The largest absolute Gasteiger partial charge is 0.351 e. The SMILES string of the molecule is CCOC(O)(C(=O)Nc1ccccc1)C(=O)Nc1ccccc1. The number of carbonyl (C=O) groups is 2. The molecular formula is C17H18N2O4. The van der Waals surface area contributed by atoms with Crippen LogP contribution >= 0.6 is 0 Å². The molecule has 0 aliphatic rings. The van der Waals surface area contributed by atoms with E-state index in [0.29, 0.717) is 11.4 Å². The van der Waals surface area contributed by atoms with Crippen molar-refractivity contribution in [3.05, 3.63) is 60.7 Å². The van der Waals surface area contributed by atoms with E-state index in [0.717, 1.165) is 0 Å². The molecule has 0 saturated carbocycles. The van der Waals surface area contributed by atoms with Gasteiger partial charge >= 0.3 is 5.79 Å². The quantitative estimate of drug-likeness (QED) is 0.562. The van der Waals surface area contributed by atoms with Crippen molar-refractivity contribution in [2.45, 2.75) is 12.7 Å². The van der Waals surface area contributed by atoms with Crippen LogP contribution in [-0.2, 0) is 14.3 Å². The Hall–Kier alpha value is -2.70. The lowest BCUT2D eigenvalue weighted by Gasteiger charge is -2.25. The van der Waals surface area contributed by atoms with Crippen molar-refractivity contribution in [3.8, 4) is 0 Å². The van der Waals surface area contributed by atoms with E-state index in [1.807, 2.05) is 0 Å². The summed E-state index contributed by atoms with van der Waals surface area (Å²) in [5.41, 5.74) is 0.895. The third kappa shape index (κ3) is 4.15. The second kappa shape index (κ2) is 7.53. The Labute approximate surface area is 134 Å². The zero-order valence-corrected chi connectivity index (χ0v) is 12.7. The molecule has 2 aromatic carbocycles. The predicted molar refractivity (Wildman–Crippen MR) is 86.7 cm³/mol. The van der Waals surface area contributed by atoms with Gasteiger partial charge in [0.15, 0.2) is 0 Å². The van der Waals surface area contributed by atoms with Crippen LogP contribution < -0.4 is 10.6 Å². The van der Waals surface area contributed by atoms with Crippen molar-refractivity contribution < 1.29 is 19.4 Å². The molecule has 3 N–H and O–H groups in total. The monoisotopic (exact) mass is 314 g/mol. The molecule has 0 atom stereocenters. The van der Waals surface area contributed by atoms with Crippen LogP contribution in [0.5, 0.6) is 0 Å². The summed E-state index contributed by atoms with van der Waals surface area (Å²) in [5.74, 6) is -4.54. The average molecular weight is 314 g/mol. The zero-order chi connectivity index (χ0) is 16.7. The van der Waals surface area contributed by atoms with Gasteiger partial charge in [-0.15, -0.1) is 0 Å². The Bertz CT molecular complexity index is 605. The average Bonchev–Trinajstić information content (AvgIpc) is 2.56. The molecule has 0 fully saturated rings. The molecule has 0 spiro atoms. The smallest absolute Gasteiger partial charge is 0.329 e. The van der Waals surface area contributed by atoms with E-state index in [4.69, 9.17) is 4.74 Å². The molecule has 0 aliphatic carbocycles. The fourth-order valence-electron chi connectivity index (χ4n) is 1.92. The van der Waals surface area contributed by atoms with Gasteiger partial charge in [0.2, 0.25) is 0 Å². The van der Waals surface area contributed by atoms with Gasteiger partial charge in [0.25, 0.3) is 11.8 Å². The molecule has 0 bridgehead atoms. The number of rotatable bonds is 6. The van der Waals surface area contributed by atoms with E-state index in [2.05, 4.69) is 10.6 Å². The van der Waals surface area contributed by atoms with E-state index in [1.165, 1.54) is 0 Å². The lowest BCUT2D eigenvalue weighted by atomic mass is 10.2. The molecule has 0 heterocycles. The normalized spacial score (nSPS) is 10.9. The summed E-state index contributed by atoms with van der Waals surface area (Å²) in [6.45, 7) is 1.57. The molecule has 2 amide bonds. The molecule has 0 unspecified atom stereocenters. The van der Waals surface area contributed by atoms with Crippen LogP contribution in [0.1, 0.15) is 6.92 Å². The third-order valence-corrected chi connectivity index (χ3v) is 3.03. The van der Waals surface area contributed by atoms with Crippen LogP contribution in [0.25, 0.3) is 0 Å². The van der Waals surface area contributed by atoms with E-state index in [-0.39, 0.29) is 6.61 Å². The van der Waals surface area contributed by atoms with Crippen molar-refractivity contribution in [2.75, 3.05) is 17.2 Å². The highest BCUT2D eigenvalue weighted by Gasteiger charge is 2.45. The minimum atomic E-state index is -2.62. The number of nitrogens with one attached hydrogen (secondary N) is 2. The first-order chi connectivity index (χ1) is 11.1. The molecule has 0 aliphatic heterocycles. The Balaban J connectivity index is 2.16. The molecule has 6 heteroatoms. The van der Waals surface area contributed by atoms with Crippen LogP contribution in [0, 0.1) is 0 Å². The Morgan fingerprint density at radius 3 is 1.65 bits per heavy atom. The number of ether oxygens (including phenoxy) is 1. The molecule has 0 radical (unpaired) electrons. The highest BCUT2D eigenvalue weighted by molar-refractivity contribution is 6.16. The van der Waals surface area contributed by atoms with Crippen LogP contribution in [0.15, 0.2) is 60.7 Å². The number of amides is 2. The molecule has 0 aromatic heterocycles. The number of aliphatic hydroxyl groups is 1. The van der Waals surface area contributed by atoms with Gasteiger partial charge in [-0.1, -0.05) is 36.4 Å². The summed E-state index contributed by atoms with van der Waals surface area (Å²) in [5, 5.41) is 15.3. The third-order valence-electron chi connectivity index (χ3n) is 3.03. The predicted octanol–water partition coefficient (Wildman–Crippen LogP) is 1.99. The van der Waals surface area contributed by atoms with Crippen molar-refractivity contribution in [2.24, 2.45) is 0 Å². The van der Waals surface area contributed by atoms with Crippen molar-refractivity contribution in [1.82, 2.24) is 0 Å². The molecular weight excluding hydrogens is 296 g/mol. The number of para-hydroxylation sites is 2. The minimum absolute atomic E-state index is 0.0130. The topological polar surface area (TPSA) is 87.7 Å². The van der Waals surface area contributed by atoms with Gasteiger partial charge in [0.05, 0.1) is 0 Å². The van der Waals surface area contributed by atoms with Gasteiger partial charge in [0.1, 0.15) is 0 Å². The second-order valence-corrected chi connectivity index (χ2v) is 4.72. The maximum Gasteiger partial charge on any atom is 0.329 e. The Kier molecular flexibility index (Phi) is 5.46. The Morgan fingerprint density at radius 2 is 1.30 bits per heavy atom. The maximum atomic E-state index is 12.3. The van der Waals surface area contributed by atoms with Gasteiger partial charge in [-0.25, -0.2) is 0 Å². The van der Waals surface area contributed by atoms with E-state index < -0.39 is 17.6 Å². The summed E-state index contributed by atoms with van der Waals surface area (Å²) in [6.07, 6.45) is 0. The number of hydrogen-bond acceptors (Lipinski definition) is 4. The number of hydrogen-bond donors (Lipinski definition) is 3. The summed E-state index contributed by atoms with van der Waals surface area (Å²) < 4.78 is 5.03. The summed E-state index contributed by atoms with van der Waals surface area (Å²) in [4.78, 5) is 24.6. The van der Waals surface area contributed by atoms with Crippen molar-refractivity contribution in [1.29, 1.82) is 0 Å². The van der Waals surface area contributed by atoms with Gasteiger partial charge in [-0.05, 0) is 31.2 Å². The van der Waals surface area contributed by atoms with Gasteiger partial charge < -0.3 is 20.5 Å². The lowest BCUT2D eigenvalue weighted by molar-refractivity contribution is -0.200. The molecule has 0 saturated heterocycles. The van der Waals surface area contributed by atoms with Crippen molar-refractivity contribution >= 4 is 23.2 Å². The molecule has 2 rings (SSSR count). The fourth-order valence-corrected chi connectivity index (χ4v) is 1.92. The van der Waals surface area contributed by atoms with Crippen LogP contribution in [-0.4, -0.2) is 29.3 Å². The molecule has 2 aromatic rings. The Morgan fingerprint density at radius 1 is 0.913 bits per heavy atom. The number of anilines is 2. The highest BCUT2D eigenvalue weighted by atomic mass is 16.6. The zero-order valence-electron chi connectivity index (χ0n) is 12.7. The van der Waals surface area contributed by atoms with Crippen LogP contribution in [0.3, 0.4) is 0 Å². The van der Waals surface area contributed by atoms with Crippen LogP contribution in [0.2, 0.25) is 0 Å². The number of carbonyl (C=O) groups excluding carboxylic acids is 2. The molecule has 23 heavy (non-hydrogen) atoms. The molecule has 6 nitrogen and oxygen atoms in total. The first-order valence-electron chi connectivity index (χ1n) is 7.15. The van der Waals surface area contributed by atoms with Crippen molar-refractivity contribution in [3.63, 3.8) is 0 Å². The van der Waals surface area contributed by atoms with Gasteiger partial charge in [0, 0.05) is 18.0 Å². The maximum absolute atomic E-state index is 12.3. The summed E-state index contributed by atoms with van der Waals surface area (Å²) >= 11 is 0. The molecule has 120 valence electrons. The number of benzene rings is 2. The standard InChI is InChI=1S/C17H18N2O4/c1-2-23-17(22,15(20)18-13-9-5-3-6-10-13)16(21)19-14-11-7-4-8-12-14/h3-12,22H,2H2,1H3,(H,18,20)(H,19,21). The van der Waals surface area contributed by atoms with E-state index >= 15 is 0 Å². The fraction of sp³-hybridized carbons (Fsp3) is 0.176. The van der Waals surface area contributed by atoms with Crippen LogP contribution in [0.4, 0.5) is 11.4 Å². The lowest BCUT2D eigenvalue weighted by Crippen LogP contribution is -2.54.